The van der Waals surface area contributed by atoms with E-state index < -0.39 is 0 Å². The van der Waals surface area contributed by atoms with Gasteiger partial charge in [-0.3, -0.25) is 0 Å². The third-order valence-corrected chi connectivity index (χ3v) is 4.34. The first-order chi connectivity index (χ1) is 12.7. The summed E-state index contributed by atoms with van der Waals surface area (Å²) < 4.78 is 5.38. The normalized spacial score (nSPS) is 13.8. The van der Waals surface area contributed by atoms with Crippen molar-refractivity contribution < 1.29 is 9.53 Å². The van der Waals surface area contributed by atoms with Crippen LogP contribution >= 0.6 is 0 Å². The summed E-state index contributed by atoms with van der Waals surface area (Å²) in [6, 6.07) is 17.0. The van der Waals surface area contributed by atoms with Gasteiger partial charge < -0.3 is 19.9 Å². The highest BCUT2D eigenvalue weighted by Crippen LogP contribution is 2.17. The number of hydrogen-bond donors (Lipinski definition) is 1. The third-order valence-electron chi connectivity index (χ3n) is 4.34. The summed E-state index contributed by atoms with van der Waals surface area (Å²) in [5, 5.41) is 11.6. The molecule has 26 heavy (non-hydrogen) atoms. The van der Waals surface area contributed by atoms with Crippen LogP contribution in [0.15, 0.2) is 48.5 Å². The van der Waals surface area contributed by atoms with Crippen LogP contribution in [0.1, 0.15) is 11.1 Å². The van der Waals surface area contributed by atoms with Gasteiger partial charge in [-0.2, -0.15) is 5.26 Å². The number of hydrogen-bond acceptors (Lipinski definition) is 4. The van der Waals surface area contributed by atoms with E-state index in [9.17, 15) is 4.79 Å². The molecule has 2 aromatic carbocycles. The van der Waals surface area contributed by atoms with Crippen LogP contribution in [-0.2, 0) is 11.3 Å². The van der Waals surface area contributed by atoms with Crippen molar-refractivity contribution in [1.82, 2.24) is 4.90 Å². The summed E-state index contributed by atoms with van der Waals surface area (Å²) in [5.74, 6) is 0. The highest BCUT2D eigenvalue weighted by Gasteiger charge is 2.12. The zero-order chi connectivity index (χ0) is 18.4. The molecule has 1 N–H and O–H groups in total. The number of nitrogens with zero attached hydrogens (tertiary/aromatic N) is 3. The van der Waals surface area contributed by atoms with E-state index in [1.54, 1.807) is 36.2 Å². The number of rotatable bonds is 4. The van der Waals surface area contributed by atoms with Crippen LogP contribution in [-0.4, -0.2) is 44.3 Å². The largest absolute Gasteiger partial charge is 0.378 e. The molecule has 3 rings (SSSR count). The van der Waals surface area contributed by atoms with Gasteiger partial charge in [0.05, 0.1) is 24.8 Å². The minimum atomic E-state index is -0.188. The van der Waals surface area contributed by atoms with Crippen molar-refractivity contribution in [3.8, 4) is 6.07 Å². The first-order valence-electron chi connectivity index (χ1n) is 8.59. The molecule has 0 aliphatic carbocycles. The molecule has 0 aromatic heterocycles. The Hall–Kier alpha value is -3.04. The maximum Gasteiger partial charge on any atom is 0.321 e. The zero-order valence-electron chi connectivity index (χ0n) is 14.8. The number of carbonyl (C=O) groups excluding carboxylic acids is 1. The number of nitrogens with one attached hydrogen (secondary N) is 1. The van der Waals surface area contributed by atoms with Gasteiger partial charge >= 0.3 is 6.03 Å². The van der Waals surface area contributed by atoms with Crippen LogP contribution in [0.25, 0.3) is 0 Å². The molecule has 1 aliphatic rings. The molecule has 2 aromatic rings. The molecule has 2 amide bonds. The Bertz CT molecular complexity index is 775. The van der Waals surface area contributed by atoms with E-state index in [4.69, 9.17) is 10.00 Å². The topological polar surface area (TPSA) is 68.6 Å². The monoisotopic (exact) mass is 350 g/mol. The molecule has 0 unspecified atom stereocenters. The number of benzene rings is 2. The van der Waals surface area contributed by atoms with E-state index in [0.717, 1.165) is 31.9 Å². The third kappa shape index (κ3) is 4.52. The minimum Gasteiger partial charge on any atom is -0.378 e. The van der Waals surface area contributed by atoms with Gasteiger partial charge in [0.25, 0.3) is 0 Å². The Kier molecular flexibility index (Phi) is 5.72. The maximum absolute atomic E-state index is 12.3. The molecule has 6 heteroatoms. The summed E-state index contributed by atoms with van der Waals surface area (Å²) in [6.45, 7) is 3.87. The van der Waals surface area contributed by atoms with Crippen LogP contribution in [0.4, 0.5) is 16.2 Å². The Morgan fingerprint density at radius 3 is 2.42 bits per heavy atom. The number of nitriles is 1. The first kappa shape index (κ1) is 17.8. The quantitative estimate of drug-likeness (QED) is 0.920. The highest BCUT2D eigenvalue weighted by atomic mass is 16.5. The minimum absolute atomic E-state index is 0.188. The van der Waals surface area contributed by atoms with Gasteiger partial charge in [-0.05, 0) is 42.0 Å². The molecule has 1 heterocycles. The van der Waals surface area contributed by atoms with Gasteiger partial charge in [-0.25, -0.2) is 4.79 Å². The van der Waals surface area contributed by atoms with Crippen molar-refractivity contribution in [3.05, 3.63) is 59.7 Å². The second-order valence-electron chi connectivity index (χ2n) is 6.24. The van der Waals surface area contributed by atoms with Crippen LogP contribution < -0.4 is 10.2 Å². The van der Waals surface area contributed by atoms with Crippen molar-refractivity contribution in [3.63, 3.8) is 0 Å². The standard InChI is InChI=1S/C20H22N4O2/c1-23(20(25)22-18-6-2-16(14-21)3-7-18)15-17-4-8-19(9-5-17)24-10-12-26-13-11-24/h2-9H,10-13,15H2,1H3,(H,22,25). The lowest BCUT2D eigenvalue weighted by Crippen LogP contribution is -2.36. The van der Waals surface area contributed by atoms with Crippen LogP contribution in [0.5, 0.6) is 0 Å². The van der Waals surface area contributed by atoms with Crippen molar-refractivity contribution in [2.75, 3.05) is 43.6 Å². The molecular formula is C20H22N4O2. The van der Waals surface area contributed by atoms with Crippen molar-refractivity contribution in [2.24, 2.45) is 0 Å². The second kappa shape index (κ2) is 8.37. The van der Waals surface area contributed by atoms with Gasteiger partial charge in [-0.1, -0.05) is 12.1 Å². The molecule has 0 saturated carbocycles. The smallest absolute Gasteiger partial charge is 0.321 e. The Balaban J connectivity index is 1.55. The van der Waals surface area contributed by atoms with E-state index in [1.807, 2.05) is 0 Å². The van der Waals surface area contributed by atoms with E-state index in [1.165, 1.54) is 5.69 Å². The SMILES string of the molecule is CN(Cc1ccc(N2CCOCC2)cc1)C(=O)Nc1ccc(C#N)cc1. The molecular weight excluding hydrogens is 328 g/mol. The van der Waals surface area contributed by atoms with Gasteiger partial charge in [-0.15, -0.1) is 0 Å². The predicted molar refractivity (Wildman–Crippen MR) is 101 cm³/mol. The highest BCUT2D eigenvalue weighted by molar-refractivity contribution is 5.89. The number of morpholine rings is 1. The molecule has 0 spiro atoms. The van der Waals surface area contributed by atoms with E-state index >= 15 is 0 Å². The summed E-state index contributed by atoms with van der Waals surface area (Å²) in [5.41, 5.74) is 3.49. The Morgan fingerprint density at radius 1 is 1.15 bits per heavy atom. The Labute approximate surface area is 153 Å². The number of urea groups is 1. The van der Waals surface area contributed by atoms with Gasteiger partial charge in [0.1, 0.15) is 0 Å². The van der Waals surface area contributed by atoms with Gasteiger partial charge in [0, 0.05) is 38.1 Å². The summed E-state index contributed by atoms with van der Waals surface area (Å²) in [6.07, 6.45) is 0. The molecule has 1 aliphatic heterocycles. The van der Waals surface area contributed by atoms with Crippen molar-refractivity contribution in [2.45, 2.75) is 6.54 Å². The number of carbonyl (C=O) groups is 1. The van der Waals surface area contributed by atoms with E-state index in [0.29, 0.717) is 17.8 Å². The second-order valence-corrected chi connectivity index (χ2v) is 6.24. The molecule has 0 radical (unpaired) electrons. The number of ether oxygens (including phenoxy) is 1. The van der Waals surface area contributed by atoms with Gasteiger partial charge in [0.15, 0.2) is 0 Å². The van der Waals surface area contributed by atoms with Gasteiger partial charge in [0.2, 0.25) is 0 Å². The lowest BCUT2D eigenvalue weighted by Gasteiger charge is -2.29. The summed E-state index contributed by atoms with van der Waals surface area (Å²) in [4.78, 5) is 16.2. The first-order valence-corrected chi connectivity index (χ1v) is 8.59. The fourth-order valence-electron chi connectivity index (χ4n) is 2.83. The number of amides is 2. The van der Waals surface area contributed by atoms with Crippen LogP contribution in [0, 0.1) is 11.3 Å². The molecule has 134 valence electrons. The average Bonchev–Trinajstić information content (AvgIpc) is 2.70. The summed E-state index contributed by atoms with van der Waals surface area (Å²) >= 11 is 0. The molecule has 1 saturated heterocycles. The summed E-state index contributed by atoms with van der Waals surface area (Å²) in [7, 11) is 1.76. The van der Waals surface area contributed by atoms with Crippen molar-refractivity contribution >= 4 is 17.4 Å². The van der Waals surface area contributed by atoms with E-state index in [-0.39, 0.29) is 6.03 Å². The van der Waals surface area contributed by atoms with E-state index in [2.05, 4.69) is 40.6 Å². The maximum atomic E-state index is 12.3. The number of anilines is 2. The fraction of sp³-hybridized carbons (Fsp3) is 0.300. The lowest BCUT2D eigenvalue weighted by molar-refractivity contribution is 0.122. The lowest BCUT2D eigenvalue weighted by atomic mass is 10.2. The molecule has 6 nitrogen and oxygen atoms in total. The molecule has 1 fully saturated rings. The average molecular weight is 350 g/mol. The predicted octanol–water partition coefficient (Wildman–Crippen LogP) is 3.06. The van der Waals surface area contributed by atoms with Crippen LogP contribution in [0.3, 0.4) is 0 Å². The fourth-order valence-corrected chi connectivity index (χ4v) is 2.83. The molecule has 0 bridgehead atoms. The Morgan fingerprint density at radius 2 is 1.81 bits per heavy atom. The van der Waals surface area contributed by atoms with Crippen molar-refractivity contribution in [1.29, 1.82) is 5.26 Å². The zero-order valence-corrected chi connectivity index (χ0v) is 14.8. The van der Waals surface area contributed by atoms with Crippen LogP contribution in [0.2, 0.25) is 0 Å². The molecule has 0 atom stereocenters.